The Morgan fingerprint density at radius 3 is 2.25 bits per heavy atom. The predicted molar refractivity (Wildman–Crippen MR) is 93.8 cm³/mol. The Kier molecular flexibility index (Phi) is 6.18. The van der Waals surface area contributed by atoms with Crippen LogP contribution in [0.15, 0.2) is 41.0 Å². The molecular formula is C19H24N2O3. The number of furan rings is 1. The summed E-state index contributed by atoms with van der Waals surface area (Å²) in [4.78, 5) is 26.0. The van der Waals surface area contributed by atoms with Crippen molar-refractivity contribution in [1.29, 1.82) is 0 Å². The molecule has 1 N–H and O–H groups in total. The summed E-state index contributed by atoms with van der Waals surface area (Å²) in [5.74, 6) is 0.328. The molecule has 0 spiro atoms. The molecule has 0 saturated heterocycles. The highest BCUT2D eigenvalue weighted by Gasteiger charge is 2.20. The number of hydrogen-bond acceptors (Lipinski definition) is 3. The van der Waals surface area contributed by atoms with Crippen molar-refractivity contribution >= 4 is 17.5 Å². The maximum Gasteiger partial charge on any atom is 0.240 e. The highest BCUT2D eigenvalue weighted by Crippen LogP contribution is 2.27. The van der Waals surface area contributed by atoms with Crippen LogP contribution in [0.1, 0.15) is 37.7 Å². The number of nitrogens with one attached hydrogen (secondary N) is 1. The average Bonchev–Trinajstić information content (AvgIpc) is 3.10. The number of hydrogen-bond donors (Lipinski definition) is 1. The minimum atomic E-state index is -0.213. The lowest BCUT2D eigenvalue weighted by Crippen LogP contribution is -2.40. The average molecular weight is 328 g/mol. The number of carbonyl (C=O) groups excluding carboxylic acids is 2. The minimum absolute atomic E-state index is 0.0000548. The van der Waals surface area contributed by atoms with Crippen LogP contribution in [-0.2, 0) is 29.0 Å². The number of nitrogens with zero attached hydrogens (tertiary/aromatic N) is 1. The smallest absolute Gasteiger partial charge is 0.240 e. The molecule has 2 aromatic rings. The Morgan fingerprint density at radius 1 is 1.08 bits per heavy atom. The molecule has 0 bridgehead atoms. The second kappa shape index (κ2) is 8.34. The maximum atomic E-state index is 12.3. The molecule has 2 amide bonds. The molecule has 128 valence electrons. The van der Waals surface area contributed by atoms with Gasteiger partial charge in [-0.1, -0.05) is 32.0 Å². The zero-order valence-electron chi connectivity index (χ0n) is 14.5. The molecule has 0 aliphatic carbocycles. The van der Waals surface area contributed by atoms with Crippen molar-refractivity contribution in [1.82, 2.24) is 5.32 Å². The summed E-state index contributed by atoms with van der Waals surface area (Å²) in [7, 11) is 0. The predicted octanol–water partition coefficient (Wildman–Crippen LogP) is 3.07. The number of para-hydroxylation sites is 1. The first kappa shape index (κ1) is 17.8. The van der Waals surface area contributed by atoms with Gasteiger partial charge in [0, 0.05) is 6.92 Å². The standard InChI is InChI=1S/C19H24N2O3/c1-4-15-8-6-9-16(5-2)19(15)21(14(3)22)13-18(23)20-12-17-10-7-11-24-17/h6-11H,4-5,12-13H2,1-3H3,(H,20,23). The largest absolute Gasteiger partial charge is 0.467 e. The van der Waals surface area contributed by atoms with Gasteiger partial charge in [-0.15, -0.1) is 0 Å². The number of anilines is 1. The van der Waals surface area contributed by atoms with Gasteiger partial charge in [0.1, 0.15) is 12.3 Å². The zero-order chi connectivity index (χ0) is 17.5. The van der Waals surface area contributed by atoms with Crippen molar-refractivity contribution in [2.45, 2.75) is 40.2 Å². The fourth-order valence-electron chi connectivity index (χ4n) is 2.71. The lowest BCUT2D eigenvalue weighted by atomic mass is 10.0. The summed E-state index contributed by atoms with van der Waals surface area (Å²) in [6.07, 6.45) is 3.18. The normalized spacial score (nSPS) is 10.5. The van der Waals surface area contributed by atoms with Crippen LogP contribution in [0.5, 0.6) is 0 Å². The van der Waals surface area contributed by atoms with Crippen LogP contribution in [0.4, 0.5) is 5.69 Å². The zero-order valence-corrected chi connectivity index (χ0v) is 14.5. The highest BCUT2D eigenvalue weighted by atomic mass is 16.3. The van der Waals surface area contributed by atoms with Crippen LogP contribution in [0.25, 0.3) is 0 Å². The van der Waals surface area contributed by atoms with E-state index < -0.39 is 0 Å². The summed E-state index contributed by atoms with van der Waals surface area (Å²) in [5, 5.41) is 2.79. The van der Waals surface area contributed by atoms with E-state index in [-0.39, 0.29) is 18.4 Å². The third-order valence-corrected chi connectivity index (χ3v) is 3.96. The molecule has 0 atom stereocenters. The van der Waals surface area contributed by atoms with Crippen LogP contribution in [0, 0.1) is 0 Å². The van der Waals surface area contributed by atoms with E-state index >= 15 is 0 Å². The van der Waals surface area contributed by atoms with E-state index in [4.69, 9.17) is 4.42 Å². The molecule has 2 rings (SSSR count). The number of aryl methyl sites for hydroxylation is 2. The molecule has 0 saturated carbocycles. The third kappa shape index (κ3) is 4.25. The quantitative estimate of drug-likeness (QED) is 0.849. The molecule has 0 aliphatic rings. The lowest BCUT2D eigenvalue weighted by molar-refractivity contribution is -0.123. The van der Waals surface area contributed by atoms with Crippen molar-refractivity contribution in [3.8, 4) is 0 Å². The van der Waals surface area contributed by atoms with Crippen LogP contribution in [0.3, 0.4) is 0 Å². The summed E-state index contributed by atoms with van der Waals surface area (Å²) in [6.45, 7) is 5.90. The highest BCUT2D eigenvalue weighted by molar-refractivity contribution is 5.98. The van der Waals surface area contributed by atoms with Crippen molar-refractivity contribution in [3.63, 3.8) is 0 Å². The van der Waals surface area contributed by atoms with E-state index in [0.29, 0.717) is 12.3 Å². The second-order valence-electron chi connectivity index (χ2n) is 5.59. The first-order chi connectivity index (χ1) is 11.6. The fraction of sp³-hybridized carbons (Fsp3) is 0.368. The van der Waals surface area contributed by atoms with Crippen LogP contribution < -0.4 is 10.2 Å². The first-order valence-corrected chi connectivity index (χ1v) is 8.24. The Labute approximate surface area is 142 Å². The lowest BCUT2D eigenvalue weighted by Gasteiger charge is -2.26. The molecule has 5 heteroatoms. The van der Waals surface area contributed by atoms with E-state index in [1.165, 1.54) is 6.92 Å². The van der Waals surface area contributed by atoms with Crippen molar-refractivity contribution in [2.75, 3.05) is 11.4 Å². The molecule has 0 aliphatic heterocycles. The van der Waals surface area contributed by atoms with E-state index in [1.807, 2.05) is 32.0 Å². The Morgan fingerprint density at radius 2 is 1.75 bits per heavy atom. The van der Waals surface area contributed by atoms with E-state index in [0.717, 1.165) is 29.7 Å². The van der Waals surface area contributed by atoms with Crippen molar-refractivity contribution in [3.05, 3.63) is 53.5 Å². The molecule has 0 fully saturated rings. The maximum absolute atomic E-state index is 12.3. The van der Waals surface area contributed by atoms with E-state index in [2.05, 4.69) is 5.32 Å². The van der Waals surface area contributed by atoms with Gasteiger partial charge < -0.3 is 14.6 Å². The van der Waals surface area contributed by atoms with E-state index in [1.54, 1.807) is 23.3 Å². The van der Waals surface area contributed by atoms with Gasteiger partial charge in [-0.25, -0.2) is 0 Å². The van der Waals surface area contributed by atoms with E-state index in [9.17, 15) is 9.59 Å². The Hall–Kier alpha value is -2.56. The topological polar surface area (TPSA) is 62.6 Å². The third-order valence-electron chi connectivity index (χ3n) is 3.96. The van der Waals surface area contributed by atoms with Gasteiger partial charge in [0.15, 0.2) is 0 Å². The molecule has 1 aromatic carbocycles. The monoisotopic (exact) mass is 328 g/mol. The molecular weight excluding hydrogens is 304 g/mol. The second-order valence-corrected chi connectivity index (χ2v) is 5.59. The SMILES string of the molecule is CCc1cccc(CC)c1N(CC(=O)NCc1ccco1)C(C)=O. The number of carbonyl (C=O) groups is 2. The van der Waals surface area contributed by atoms with Gasteiger partial charge in [0.05, 0.1) is 18.5 Å². The molecule has 1 heterocycles. The van der Waals surface area contributed by atoms with Gasteiger partial charge in [0.25, 0.3) is 0 Å². The molecule has 0 unspecified atom stereocenters. The van der Waals surface area contributed by atoms with Crippen LogP contribution in [-0.4, -0.2) is 18.4 Å². The van der Waals surface area contributed by atoms with Gasteiger partial charge in [-0.2, -0.15) is 0 Å². The first-order valence-electron chi connectivity index (χ1n) is 8.24. The van der Waals surface area contributed by atoms with Gasteiger partial charge in [-0.05, 0) is 36.1 Å². The Balaban J connectivity index is 2.17. The minimum Gasteiger partial charge on any atom is -0.467 e. The molecule has 5 nitrogen and oxygen atoms in total. The molecule has 1 aromatic heterocycles. The summed E-state index contributed by atoms with van der Waals surface area (Å²) >= 11 is 0. The van der Waals surface area contributed by atoms with Gasteiger partial charge in [-0.3, -0.25) is 9.59 Å². The van der Waals surface area contributed by atoms with Crippen molar-refractivity contribution < 1.29 is 14.0 Å². The number of benzene rings is 1. The summed E-state index contributed by atoms with van der Waals surface area (Å²) in [5.41, 5.74) is 3.01. The summed E-state index contributed by atoms with van der Waals surface area (Å²) < 4.78 is 5.20. The van der Waals surface area contributed by atoms with Crippen LogP contribution >= 0.6 is 0 Å². The summed E-state index contributed by atoms with van der Waals surface area (Å²) in [6, 6.07) is 9.58. The molecule has 0 radical (unpaired) electrons. The van der Waals surface area contributed by atoms with Gasteiger partial charge in [0.2, 0.25) is 11.8 Å². The fourth-order valence-corrected chi connectivity index (χ4v) is 2.71. The van der Waals surface area contributed by atoms with Gasteiger partial charge >= 0.3 is 0 Å². The number of amides is 2. The number of rotatable bonds is 7. The van der Waals surface area contributed by atoms with Crippen LogP contribution in [0.2, 0.25) is 0 Å². The molecule has 24 heavy (non-hydrogen) atoms. The Bertz CT molecular complexity index is 670. The van der Waals surface area contributed by atoms with Crippen molar-refractivity contribution in [2.24, 2.45) is 0 Å².